The van der Waals surface area contributed by atoms with Gasteiger partial charge in [0, 0.05) is 32.1 Å². The zero-order valence-electron chi connectivity index (χ0n) is 20.4. The van der Waals surface area contributed by atoms with Gasteiger partial charge < -0.3 is 15.2 Å². The average Bonchev–Trinajstić information content (AvgIpc) is 2.81. The maximum absolute atomic E-state index is 15.0. The molecule has 0 unspecified atom stereocenters. The molecule has 0 radical (unpaired) electrons. The molecule has 0 bridgehead atoms. The largest absolute Gasteiger partial charge is 0.471 e. The maximum atomic E-state index is 15.0. The Morgan fingerprint density at radius 2 is 1.85 bits per heavy atom. The van der Waals surface area contributed by atoms with E-state index in [1.54, 1.807) is 0 Å². The van der Waals surface area contributed by atoms with Gasteiger partial charge in [-0.25, -0.2) is 31.0 Å². The van der Waals surface area contributed by atoms with Crippen molar-refractivity contribution in [2.45, 2.75) is 73.5 Å². The van der Waals surface area contributed by atoms with E-state index in [1.807, 2.05) is 0 Å². The number of piperidine rings is 1. The molecule has 0 amide bonds. The topological polar surface area (TPSA) is 105 Å². The van der Waals surface area contributed by atoms with Crippen LogP contribution in [-0.4, -0.2) is 70.7 Å². The predicted molar refractivity (Wildman–Crippen MR) is 123 cm³/mol. The van der Waals surface area contributed by atoms with Crippen molar-refractivity contribution in [1.82, 2.24) is 14.3 Å². The molecule has 4 atom stereocenters. The third kappa shape index (κ3) is 6.54. The smallest absolute Gasteiger partial charge is 0.423 e. The first-order valence-electron chi connectivity index (χ1n) is 11.9. The lowest BCUT2D eigenvalue weighted by Gasteiger charge is -2.40. The normalized spacial score (nSPS) is 28.2. The molecule has 2 aliphatic rings. The van der Waals surface area contributed by atoms with Crippen LogP contribution in [0.5, 0.6) is 5.88 Å². The molecule has 2 N–H and O–H groups in total. The Balaban J connectivity index is 1.50. The zero-order valence-corrected chi connectivity index (χ0v) is 21.2. The summed E-state index contributed by atoms with van der Waals surface area (Å²) in [6.07, 6.45) is -10.2. The van der Waals surface area contributed by atoms with Crippen LogP contribution in [0.15, 0.2) is 35.4 Å². The second-order valence-corrected chi connectivity index (χ2v) is 11.8. The minimum absolute atomic E-state index is 0.116. The highest BCUT2D eigenvalue weighted by Gasteiger charge is 2.50. The van der Waals surface area contributed by atoms with Crippen LogP contribution in [0, 0.1) is 5.82 Å². The third-order valence-corrected chi connectivity index (χ3v) is 8.54. The highest BCUT2D eigenvalue weighted by Crippen LogP contribution is 2.42. The molecule has 8 nitrogen and oxygen atoms in total. The van der Waals surface area contributed by atoms with Crippen LogP contribution in [0.1, 0.15) is 38.2 Å². The number of sulfonamides is 1. The van der Waals surface area contributed by atoms with E-state index in [2.05, 4.69) is 15.3 Å². The molecule has 1 aliphatic carbocycles. The lowest BCUT2D eigenvalue weighted by Crippen LogP contribution is -2.52. The lowest BCUT2D eigenvalue weighted by molar-refractivity contribution is -0.167. The van der Waals surface area contributed by atoms with Crippen LogP contribution in [0.4, 0.5) is 36.7 Å². The summed E-state index contributed by atoms with van der Waals surface area (Å²) in [6, 6.07) is 2.91. The van der Waals surface area contributed by atoms with Crippen molar-refractivity contribution in [3.8, 4) is 5.88 Å². The number of nitrogens with one attached hydrogen (secondary N) is 1. The second kappa shape index (κ2) is 10.4. The summed E-state index contributed by atoms with van der Waals surface area (Å²) in [4.78, 5) is 7.03. The zero-order chi connectivity index (χ0) is 28.8. The minimum atomic E-state index is -4.99. The van der Waals surface area contributed by atoms with E-state index in [0.717, 1.165) is 35.5 Å². The van der Waals surface area contributed by atoms with E-state index in [-0.39, 0.29) is 17.9 Å². The van der Waals surface area contributed by atoms with Crippen molar-refractivity contribution >= 4 is 16.0 Å². The maximum Gasteiger partial charge on any atom is 0.423 e. The molecular formula is C23H25F7N4O4S. The molecule has 1 saturated heterocycles. The number of hydrogen-bond acceptors (Lipinski definition) is 7. The Morgan fingerprint density at radius 1 is 1.18 bits per heavy atom. The Morgan fingerprint density at radius 3 is 2.44 bits per heavy atom. The number of ether oxygens (including phenoxy) is 1. The second-order valence-electron chi connectivity index (χ2n) is 9.82. The quantitative estimate of drug-likeness (QED) is 0.490. The lowest BCUT2D eigenvalue weighted by atomic mass is 9.81. The Kier molecular flexibility index (Phi) is 7.77. The van der Waals surface area contributed by atoms with Crippen LogP contribution in [0.2, 0.25) is 0 Å². The molecule has 2 fully saturated rings. The van der Waals surface area contributed by atoms with Gasteiger partial charge in [0.15, 0.2) is 0 Å². The molecule has 216 valence electrons. The summed E-state index contributed by atoms with van der Waals surface area (Å²) in [6.45, 7) is 0.265. The number of alkyl halides is 6. The molecule has 1 aromatic heterocycles. The molecule has 39 heavy (non-hydrogen) atoms. The Hall–Kier alpha value is -2.72. The minimum Gasteiger partial charge on any atom is -0.471 e. The number of halogens is 7. The SMILES string of the molecule is C[C@]1(O)CC(F)(F)CC[C@H]1Oc1nc(N[C@H]2CCN(S(=O)(=O)c3ccc(F)cc3)C[C@H]2F)ncc1C(F)(F)F. The number of aliphatic hydroxyl groups is 1. The van der Waals surface area contributed by atoms with Crippen molar-refractivity contribution in [2.75, 3.05) is 18.4 Å². The molecule has 1 saturated carbocycles. The van der Waals surface area contributed by atoms with Crippen LogP contribution < -0.4 is 10.1 Å². The third-order valence-electron chi connectivity index (χ3n) is 6.67. The molecule has 1 aromatic carbocycles. The number of aromatic nitrogens is 2. The summed E-state index contributed by atoms with van der Waals surface area (Å²) in [7, 11) is -4.13. The summed E-state index contributed by atoms with van der Waals surface area (Å²) in [5, 5.41) is 13.0. The molecule has 0 spiro atoms. The van der Waals surface area contributed by atoms with E-state index in [0.29, 0.717) is 6.20 Å². The number of anilines is 1. The van der Waals surface area contributed by atoms with Gasteiger partial charge >= 0.3 is 6.18 Å². The fourth-order valence-corrected chi connectivity index (χ4v) is 6.06. The first-order chi connectivity index (χ1) is 18.0. The monoisotopic (exact) mass is 586 g/mol. The summed E-state index contributed by atoms with van der Waals surface area (Å²) >= 11 is 0. The van der Waals surface area contributed by atoms with E-state index >= 15 is 4.39 Å². The summed E-state index contributed by atoms with van der Waals surface area (Å²) in [5.74, 6) is -5.36. The van der Waals surface area contributed by atoms with Crippen LogP contribution in [-0.2, 0) is 16.2 Å². The van der Waals surface area contributed by atoms with E-state index in [9.17, 15) is 39.9 Å². The molecule has 2 heterocycles. The average molecular weight is 587 g/mol. The van der Waals surface area contributed by atoms with Crippen LogP contribution in [0.25, 0.3) is 0 Å². The van der Waals surface area contributed by atoms with Crippen molar-refractivity contribution in [2.24, 2.45) is 0 Å². The predicted octanol–water partition coefficient (Wildman–Crippen LogP) is 4.17. The highest BCUT2D eigenvalue weighted by atomic mass is 32.2. The van der Waals surface area contributed by atoms with E-state index in [1.165, 1.54) is 0 Å². The van der Waals surface area contributed by atoms with Crippen LogP contribution >= 0.6 is 0 Å². The van der Waals surface area contributed by atoms with Crippen molar-refractivity contribution in [1.29, 1.82) is 0 Å². The van der Waals surface area contributed by atoms with Gasteiger partial charge in [-0.3, -0.25) is 0 Å². The first kappa shape index (κ1) is 29.3. The van der Waals surface area contributed by atoms with Gasteiger partial charge in [-0.05, 0) is 44.0 Å². The van der Waals surface area contributed by atoms with Gasteiger partial charge in [-0.2, -0.15) is 22.5 Å². The Labute approximate surface area is 219 Å². The number of benzene rings is 1. The number of nitrogens with zero attached hydrogens (tertiary/aromatic N) is 3. The first-order valence-corrected chi connectivity index (χ1v) is 13.3. The van der Waals surface area contributed by atoms with Gasteiger partial charge in [-0.1, -0.05) is 0 Å². The van der Waals surface area contributed by atoms with Gasteiger partial charge in [-0.15, -0.1) is 0 Å². The fourth-order valence-electron chi connectivity index (χ4n) is 4.60. The Bertz CT molecular complexity index is 1290. The van der Waals surface area contributed by atoms with Crippen LogP contribution in [0.3, 0.4) is 0 Å². The van der Waals surface area contributed by atoms with Crippen molar-refractivity contribution < 1.29 is 49.0 Å². The van der Waals surface area contributed by atoms with Crippen molar-refractivity contribution in [3.63, 3.8) is 0 Å². The van der Waals surface area contributed by atoms with E-state index in [4.69, 9.17) is 4.74 Å². The molecular weight excluding hydrogens is 561 g/mol. The highest BCUT2D eigenvalue weighted by molar-refractivity contribution is 7.89. The number of hydrogen-bond donors (Lipinski definition) is 2. The number of rotatable bonds is 6. The standard InChI is InChI=1S/C23H25F7N4O4S/c1-21(35)12-22(26,27)8-6-18(21)38-19-15(23(28,29)30)10-31-20(33-19)32-17-7-9-34(11-16(17)25)39(36,37)14-4-2-13(24)3-5-14/h2-5,10,16-18,35H,6-9,11-12H2,1H3,(H,31,32,33)/t16-,17+,18-,21+/m1/s1. The van der Waals surface area contributed by atoms with Gasteiger partial charge in [0.05, 0.1) is 10.9 Å². The molecule has 1 aliphatic heterocycles. The summed E-state index contributed by atoms with van der Waals surface area (Å²) < 4.78 is 128. The molecule has 16 heteroatoms. The molecule has 2 aromatic rings. The van der Waals surface area contributed by atoms with Crippen molar-refractivity contribution in [3.05, 3.63) is 41.8 Å². The van der Waals surface area contributed by atoms with Gasteiger partial charge in [0.1, 0.15) is 29.3 Å². The van der Waals surface area contributed by atoms with Gasteiger partial charge in [0.2, 0.25) is 21.9 Å². The fraction of sp³-hybridized carbons (Fsp3) is 0.565. The van der Waals surface area contributed by atoms with E-state index < -0.39 is 95.1 Å². The van der Waals surface area contributed by atoms with Gasteiger partial charge in [0.25, 0.3) is 5.92 Å². The summed E-state index contributed by atoms with van der Waals surface area (Å²) in [5.41, 5.74) is -3.58. The molecule has 4 rings (SSSR count).